The van der Waals surface area contributed by atoms with E-state index in [2.05, 4.69) is 57.0 Å². The summed E-state index contributed by atoms with van der Waals surface area (Å²) in [5, 5.41) is 4.62. The number of thioether (sulfide) groups is 1. The SMILES string of the molecule is NCC(Sc1ccc(Br)cc1)c1ccsc1. The van der Waals surface area contributed by atoms with Crippen molar-refractivity contribution in [2.24, 2.45) is 5.73 Å². The first-order chi connectivity index (χ1) is 7.79. The molecule has 0 bridgehead atoms. The minimum absolute atomic E-state index is 0.354. The van der Waals surface area contributed by atoms with Gasteiger partial charge < -0.3 is 5.73 Å². The van der Waals surface area contributed by atoms with Crippen LogP contribution in [0.5, 0.6) is 0 Å². The summed E-state index contributed by atoms with van der Waals surface area (Å²) < 4.78 is 1.11. The lowest BCUT2D eigenvalue weighted by molar-refractivity contribution is 0.946. The number of hydrogen-bond donors (Lipinski definition) is 1. The molecule has 0 fully saturated rings. The van der Waals surface area contributed by atoms with Crippen LogP contribution >= 0.6 is 39.0 Å². The van der Waals surface area contributed by atoms with Gasteiger partial charge in [-0.1, -0.05) is 15.9 Å². The van der Waals surface area contributed by atoms with Crippen molar-refractivity contribution in [3.63, 3.8) is 0 Å². The molecule has 1 heterocycles. The maximum absolute atomic E-state index is 5.82. The molecule has 2 rings (SSSR count). The monoisotopic (exact) mass is 313 g/mol. The Bertz CT molecular complexity index is 425. The highest BCUT2D eigenvalue weighted by Gasteiger charge is 2.11. The van der Waals surface area contributed by atoms with E-state index < -0.39 is 0 Å². The average molecular weight is 314 g/mol. The number of halogens is 1. The van der Waals surface area contributed by atoms with Crippen molar-refractivity contribution in [2.45, 2.75) is 10.1 Å². The van der Waals surface area contributed by atoms with E-state index in [4.69, 9.17) is 5.73 Å². The summed E-state index contributed by atoms with van der Waals surface area (Å²) in [6.07, 6.45) is 0. The number of nitrogens with two attached hydrogens (primary N) is 1. The lowest BCUT2D eigenvalue weighted by atomic mass is 10.2. The summed E-state index contributed by atoms with van der Waals surface area (Å²) in [6.45, 7) is 0.664. The third kappa shape index (κ3) is 3.10. The smallest absolute Gasteiger partial charge is 0.0475 e. The lowest BCUT2D eigenvalue weighted by Crippen LogP contribution is -2.08. The second-order valence-corrected chi connectivity index (χ2v) is 6.32. The fourth-order valence-corrected chi connectivity index (χ4v) is 3.45. The van der Waals surface area contributed by atoms with E-state index in [9.17, 15) is 0 Å². The molecule has 0 radical (unpaired) electrons. The van der Waals surface area contributed by atoms with Crippen LogP contribution in [0.4, 0.5) is 0 Å². The van der Waals surface area contributed by atoms with Crippen LogP contribution in [0.25, 0.3) is 0 Å². The van der Waals surface area contributed by atoms with E-state index in [1.165, 1.54) is 10.5 Å². The summed E-state index contributed by atoms with van der Waals surface area (Å²) in [7, 11) is 0. The summed E-state index contributed by atoms with van der Waals surface area (Å²) in [5.74, 6) is 0. The number of hydrogen-bond acceptors (Lipinski definition) is 3. The second kappa shape index (κ2) is 5.87. The zero-order valence-electron chi connectivity index (χ0n) is 8.60. The Kier molecular flexibility index (Phi) is 4.46. The Labute approximate surface area is 112 Å². The van der Waals surface area contributed by atoms with Crippen LogP contribution < -0.4 is 5.73 Å². The Hall–Kier alpha value is -0.290. The first-order valence-electron chi connectivity index (χ1n) is 4.94. The lowest BCUT2D eigenvalue weighted by Gasteiger charge is -2.12. The first kappa shape index (κ1) is 12.2. The van der Waals surface area contributed by atoms with Crippen LogP contribution in [0.2, 0.25) is 0 Å². The van der Waals surface area contributed by atoms with Gasteiger partial charge in [0.25, 0.3) is 0 Å². The molecule has 0 saturated carbocycles. The molecule has 1 nitrogen and oxygen atoms in total. The predicted octanol–water partition coefficient (Wildman–Crippen LogP) is 4.30. The van der Waals surface area contributed by atoms with Crippen molar-refractivity contribution >= 4 is 39.0 Å². The normalized spacial score (nSPS) is 12.6. The minimum Gasteiger partial charge on any atom is -0.329 e. The molecular weight excluding hydrogens is 302 g/mol. The third-order valence-corrected chi connectivity index (χ3v) is 4.74. The van der Waals surface area contributed by atoms with Crippen LogP contribution in [0, 0.1) is 0 Å². The van der Waals surface area contributed by atoms with Gasteiger partial charge >= 0.3 is 0 Å². The number of thiophene rings is 1. The Balaban J connectivity index is 2.10. The van der Waals surface area contributed by atoms with Gasteiger partial charge in [0.15, 0.2) is 0 Å². The molecule has 2 aromatic rings. The van der Waals surface area contributed by atoms with Crippen molar-refractivity contribution in [1.29, 1.82) is 0 Å². The average Bonchev–Trinajstić information content (AvgIpc) is 2.82. The van der Waals surface area contributed by atoms with Gasteiger partial charge in [-0.25, -0.2) is 0 Å². The van der Waals surface area contributed by atoms with E-state index in [1.54, 1.807) is 11.3 Å². The van der Waals surface area contributed by atoms with E-state index >= 15 is 0 Å². The molecule has 1 aromatic heterocycles. The molecular formula is C12H12BrNS2. The summed E-state index contributed by atoms with van der Waals surface area (Å²) in [5.41, 5.74) is 7.14. The van der Waals surface area contributed by atoms with E-state index in [0.717, 1.165) is 4.47 Å². The van der Waals surface area contributed by atoms with Gasteiger partial charge in [-0.15, -0.1) is 11.8 Å². The standard InChI is InChI=1S/C12H12BrNS2/c13-10-1-3-11(4-2-10)16-12(7-14)9-5-6-15-8-9/h1-6,8,12H,7,14H2. The maximum Gasteiger partial charge on any atom is 0.0475 e. The van der Waals surface area contributed by atoms with Gasteiger partial charge in [0.2, 0.25) is 0 Å². The molecule has 84 valence electrons. The second-order valence-electron chi connectivity index (χ2n) is 3.35. The molecule has 1 atom stereocenters. The molecule has 4 heteroatoms. The molecule has 0 spiro atoms. The molecule has 1 aromatic carbocycles. The molecule has 0 aliphatic heterocycles. The third-order valence-electron chi connectivity index (χ3n) is 2.22. The number of benzene rings is 1. The van der Waals surface area contributed by atoms with Crippen molar-refractivity contribution in [3.05, 3.63) is 51.1 Å². The summed E-state index contributed by atoms with van der Waals surface area (Å²) in [6, 6.07) is 10.5. The van der Waals surface area contributed by atoms with Crippen molar-refractivity contribution in [1.82, 2.24) is 0 Å². The molecule has 1 unspecified atom stereocenters. The topological polar surface area (TPSA) is 26.0 Å². The summed E-state index contributed by atoms with van der Waals surface area (Å²) >= 11 is 6.97. The van der Waals surface area contributed by atoms with Gasteiger partial charge in [0.05, 0.1) is 0 Å². The Morgan fingerprint density at radius 3 is 2.56 bits per heavy atom. The van der Waals surface area contributed by atoms with Crippen molar-refractivity contribution < 1.29 is 0 Å². The van der Waals surface area contributed by atoms with Crippen molar-refractivity contribution in [3.8, 4) is 0 Å². The maximum atomic E-state index is 5.82. The quantitative estimate of drug-likeness (QED) is 0.851. The van der Waals surface area contributed by atoms with Crippen LogP contribution in [0.15, 0.2) is 50.5 Å². The van der Waals surface area contributed by atoms with Gasteiger partial charge in [0.1, 0.15) is 0 Å². The molecule has 0 aliphatic rings. The largest absolute Gasteiger partial charge is 0.329 e. The Morgan fingerprint density at radius 2 is 2.00 bits per heavy atom. The van der Waals surface area contributed by atoms with Crippen LogP contribution in [-0.4, -0.2) is 6.54 Å². The van der Waals surface area contributed by atoms with Gasteiger partial charge in [-0.3, -0.25) is 0 Å². The predicted molar refractivity (Wildman–Crippen MR) is 76.1 cm³/mol. The van der Waals surface area contributed by atoms with Crippen molar-refractivity contribution in [2.75, 3.05) is 6.54 Å². The highest BCUT2D eigenvalue weighted by molar-refractivity contribution is 9.10. The highest BCUT2D eigenvalue weighted by Crippen LogP contribution is 2.35. The van der Waals surface area contributed by atoms with E-state index in [1.807, 2.05) is 11.8 Å². The zero-order chi connectivity index (χ0) is 11.4. The van der Waals surface area contributed by atoms with E-state index in [-0.39, 0.29) is 0 Å². The molecule has 0 aliphatic carbocycles. The zero-order valence-corrected chi connectivity index (χ0v) is 11.8. The molecule has 0 amide bonds. The fraction of sp³-hybridized carbons (Fsp3) is 0.167. The molecule has 2 N–H and O–H groups in total. The Morgan fingerprint density at radius 1 is 1.25 bits per heavy atom. The summed E-state index contributed by atoms with van der Waals surface area (Å²) in [4.78, 5) is 1.25. The minimum atomic E-state index is 0.354. The molecule has 16 heavy (non-hydrogen) atoms. The van der Waals surface area contributed by atoms with Gasteiger partial charge in [-0.2, -0.15) is 11.3 Å². The number of rotatable bonds is 4. The van der Waals surface area contributed by atoms with Crippen LogP contribution in [0.3, 0.4) is 0 Å². The molecule has 0 saturated heterocycles. The highest BCUT2D eigenvalue weighted by atomic mass is 79.9. The van der Waals surface area contributed by atoms with Gasteiger partial charge in [-0.05, 0) is 46.7 Å². The fourth-order valence-electron chi connectivity index (χ4n) is 1.39. The van der Waals surface area contributed by atoms with Gasteiger partial charge in [0, 0.05) is 21.2 Å². The van der Waals surface area contributed by atoms with Crippen LogP contribution in [0.1, 0.15) is 10.8 Å². The van der Waals surface area contributed by atoms with E-state index in [0.29, 0.717) is 11.8 Å². The first-order valence-corrected chi connectivity index (χ1v) is 7.55. The van der Waals surface area contributed by atoms with Crippen LogP contribution in [-0.2, 0) is 0 Å².